The van der Waals surface area contributed by atoms with Crippen molar-refractivity contribution in [3.05, 3.63) is 113 Å². The first-order chi connectivity index (χ1) is 26.5. The number of likely N-dealkylation sites (tertiary alicyclic amines) is 1. The number of piperidine rings is 1. The summed E-state index contributed by atoms with van der Waals surface area (Å²) in [6.07, 6.45) is 1.98. The molecule has 56 heavy (non-hydrogen) atoms. The van der Waals surface area contributed by atoms with E-state index in [1.54, 1.807) is 36.4 Å². The number of carboxylic acid groups (broad SMARTS) is 3. The largest absolute Gasteiger partial charge is 0.612 e. The van der Waals surface area contributed by atoms with Gasteiger partial charge in [-0.15, -0.1) is 0 Å². The van der Waals surface area contributed by atoms with Crippen LogP contribution in [0.25, 0.3) is 10.8 Å². The number of hydrogen-bond donors (Lipinski definition) is 4. The molecule has 1 heterocycles. The van der Waals surface area contributed by atoms with E-state index >= 15 is 0 Å². The molecule has 0 bridgehead atoms. The van der Waals surface area contributed by atoms with Gasteiger partial charge in [0.2, 0.25) is 0 Å². The van der Waals surface area contributed by atoms with Crippen LogP contribution in [-0.2, 0) is 25.6 Å². The van der Waals surface area contributed by atoms with Crippen LogP contribution in [0.5, 0.6) is 0 Å². The number of carbonyl (C=O) groups excluding carboxylic acids is 1. The third kappa shape index (κ3) is 11.3. The summed E-state index contributed by atoms with van der Waals surface area (Å²) in [5.41, 5.74) is -0.0861. The van der Waals surface area contributed by atoms with Crippen LogP contribution in [0.3, 0.4) is 0 Å². The van der Waals surface area contributed by atoms with Gasteiger partial charge >= 0.3 is 17.9 Å². The highest BCUT2D eigenvalue weighted by Gasteiger charge is 2.40. The van der Waals surface area contributed by atoms with Crippen molar-refractivity contribution in [3.8, 4) is 6.07 Å². The zero-order valence-electron chi connectivity index (χ0n) is 30.9. The summed E-state index contributed by atoms with van der Waals surface area (Å²) in [5.74, 6) is -6.93. The van der Waals surface area contributed by atoms with Gasteiger partial charge in [0.15, 0.2) is 22.1 Å². The van der Waals surface area contributed by atoms with Gasteiger partial charge in [-0.1, -0.05) is 48.5 Å². The molecule has 0 spiro atoms. The van der Waals surface area contributed by atoms with Crippen LogP contribution in [0, 0.1) is 23.0 Å². The average molecular weight is 792 g/mol. The Morgan fingerprint density at radius 2 is 1.57 bits per heavy atom. The fourth-order valence-corrected chi connectivity index (χ4v) is 7.74. The summed E-state index contributed by atoms with van der Waals surface area (Å²) in [4.78, 5) is 49.1. The molecule has 2 unspecified atom stereocenters. The monoisotopic (exact) mass is 791 g/mol. The first-order valence-corrected chi connectivity index (χ1v) is 19.3. The zero-order chi connectivity index (χ0) is 41.2. The average Bonchev–Trinajstić information content (AvgIpc) is 3.16. The van der Waals surface area contributed by atoms with Gasteiger partial charge in [0.05, 0.1) is 24.5 Å². The predicted molar refractivity (Wildman–Crippen MR) is 204 cm³/mol. The number of aliphatic carboxylic acids is 3. The number of fused-ring (bicyclic) bond motifs is 1. The zero-order valence-corrected chi connectivity index (χ0v) is 31.7. The van der Waals surface area contributed by atoms with Gasteiger partial charge in [0.25, 0.3) is 5.91 Å². The van der Waals surface area contributed by atoms with E-state index in [4.69, 9.17) is 20.4 Å². The van der Waals surface area contributed by atoms with E-state index in [9.17, 15) is 37.8 Å². The van der Waals surface area contributed by atoms with E-state index in [1.807, 2.05) is 42.5 Å². The van der Waals surface area contributed by atoms with Crippen LogP contribution in [0.1, 0.15) is 71.0 Å². The van der Waals surface area contributed by atoms with Gasteiger partial charge in [0.1, 0.15) is 6.26 Å². The second-order valence-corrected chi connectivity index (χ2v) is 15.1. The molecule has 1 saturated heterocycles. The van der Waals surface area contributed by atoms with Gasteiger partial charge in [-0.05, 0) is 103 Å². The third-order valence-corrected chi connectivity index (χ3v) is 10.8. The number of carbonyl (C=O) groups is 4. The maximum Gasteiger partial charge on any atom is 0.336 e. The molecule has 296 valence electrons. The van der Waals surface area contributed by atoms with Crippen molar-refractivity contribution >= 4 is 45.8 Å². The minimum Gasteiger partial charge on any atom is -0.612 e. The van der Waals surface area contributed by atoms with Gasteiger partial charge in [-0.2, -0.15) is 5.26 Å². The molecule has 0 aliphatic carbocycles. The lowest BCUT2D eigenvalue weighted by atomic mass is 9.88. The highest BCUT2D eigenvalue weighted by Crippen LogP contribution is 2.33. The Hall–Kier alpha value is -5.40. The van der Waals surface area contributed by atoms with Crippen molar-refractivity contribution in [2.75, 3.05) is 39.5 Å². The van der Waals surface area contributed by atoms with Crippen molar-refractivity contribution in [2.45, 2.75) is 54.4 Å². The van der Waals surface area contributed by atoms with Crippen LogP contribution in [0.4, 0.5) is 8.78 Å². The van der Waals surface area contributed by atoms with Gasteiger partial charge in [-0.3, -0.25) is 14.4 Å². The summed E-state index contributed by atoms with van der Waals surface area (Å²) >= 11 is -1.04. The minimum atomic E-state index is -2.74. The van der Waals surface area contributed by atoms with Crippen LogP contribution in [0.15, 0.2) is 83.8 Å². The van der Waals surface area contributed by atoms with Gasteiger partial charge in [0, 0.05) is 30.6 Å². The van der Waals surface area contributed by atoms with E-state index < -0.39 is 59.2 Å². The number of likely N-dealkylation sites (N-methyl/N-ethyl adjacent to an activating group) is 1. The topological polar surface area (TPSA) is 203 Å². The molecule has 4 N–H and O–H groups in total. The lowest BCUT2D eigenvalue weighted by molar-refractivity contribution is -0.170. The van der Waals surface area contributed by atoms with Crippen molar-refractivity contribution in [2.24, 2.45) is 0 Å². The van der Waals surface area contributed by atoms with Gasteiger partial charge < -0.3 is 34.8 Å². The minimum absolute atomic E-state index is 0.226. The van der Waals surface area contributed by atoms with E-state index in [-0.39, 0.29) is 11.8 Å². The van der Waals surface area contributed by atoms with E-state index in [0.29, 0.717) is 35.6 Å². The molecule has 4 aromatic rings. The number of aliphatic hydroxyl groups is 1. The fourth-order valence-electron chi connectivity index (χ4n) is 6.90. The van der Waals surface area contributed by atoms with Crippen molar-refractivity contribution in [1.29, 1.82) is 5.26 Å². The quantitative estimate of drug-likeness (QED) is 0.116. The molecule has 0 radical (unpaired) electrons. The maximum atomic E-state index is 14.3. The second kappa shape index (κ2) is 19.5. The summed E-state index contributed by atoms with van der Waals surface area (Å²) in [5, 5.41) is 44.9. The number of carboxylic acids is 3. The molecule has 0 saturated carbocycles. The van der Waals surface area contributed by atoms with Crippen molar-refractivity contribution in [1.82, 2.24) is 9.80 Å². The lowest BCUT2D eigenvalue weighted by Gasteiger charge is -2.34. The number of rotatable bonds is 14. The molecular weight excluding hydrogens is 749 g/mol. The number of hydrogen-bond acceptors (Lipinski definition) is 8. The molecule has 15 heteroatoms. The third-order valence-electron chi connectivity index (χ3n) is 9.81. The number of nitrogens with zero attached hydrogens (tertiary/aromatic N) is 3. The maximum absolute atomic E-state index is 14.3. The second-order valence-electron chi connectivity index (χ2n) is 13.8. The number of nitriles is 1. The summed E-state index contributed by atoms with van der Waals surface area (Å²) in [6.45, 7) is 2.80. The molecule has 12 nitrogen and oxygen atoms in total. The SMILES string of the molecule is CN(CC(CCN1CCC(c2ccccc2[S+](C)[O-])CC1)c1ccc(F)c(F)c1)C(=O)c1cc(C#N)cc2ccccc12.O=C(O)CC(O)(CC(=O)O)C(=O)O. The van der Waals surface area contributed by atoms with E-state index in [1.165, 1.54) is 6.07 Å². The molecular formula is C41H43F2N3O9S. The van der Waals surface area contributed by atoms with E-state index in [2.05, 4.69) is 17.0 Å². The fraction of sp³-hybridized carbons (Fsp3) is 0.341. The van der Waals surface area contributed by atoms with Crippen LogP contribution in [-0.4, -0.2) is 104 Å². The van der Waals surface area contributed by atoms with Crippen LogP contribution in [0.2, 0.25) is 0 Å². The Labute approximate surface area is 325 Å². The number of halogens is 2. The molecule has 4 aromatic carbocycles. The molecule has 5 rings (SSSR count). The summed E-state index contributed by atoms with van der Waals surface area (Å²) < 4.78 is 40.4. The predicted octanol–water partition coefficient (Wildman–Crippen LogP) is 5.60. The lowest BCUT2D eigenvalue weighted by Crippen LogP contribution is -2.42. The highest BCUT2D eigenvalue weighted by atomic mass is 32.2. The Morgan fingerprint density at radius 1 is 0.946 bits per heavy atom. The molecule has 1 aliphatic rings. The highest BCUT2D eigenvalue weighted by molar-refractivity contribution is 7.90. The molecule has 2 atom stereocenters. The standard InChI is InChI=1S/C35H35F2N3O2S.C6H8O7/c1-39(35(41)31-20-24(22-38)19-27-7-3-4-8-29(27)31)23-28(26-11-12-32(36)33(37)21-26)15-18-40-16-13-25(14-17-40)30-9-5-6-10-34(30)43(2)42;7-3(8)1-6(13,5(11)12)2-4(9)10/h3-12,19-21,25,28H,13-18,23H2,1-2H3;13H,1-2H2,(H,7,8)(H,9,10)(H,11,12). The molecule has 0 aromatic heterocycles. The smallest absolute Gasteiger partial charge is 0.336 e. The molecule has 1 aliphatic heterocycles. The van der Waals surface area contributed by atoms with Crippen LogP contribution < -0.4 is 0 Å². The Kier molecular flexibility index (Phi) is 15.1. The van der Waals surface area contributed by atoms with Crippen molar-refractivity contribution < 1.29 is 52.9 Å². The van der Waals surface area contributed by atoms with Crippen LogP contribution >= 0.6 is 0 Å². The molecule has 1 fully saturated rings. The first kappa shape index (κ1) is 43.3. The Balaban J connectivity index is 0.000000460. The summed E-state index contributed by atoms with van der Waals surface area (Å²) in [7, 11) is 1.71. The summed E-state index contributed by atoms with van der Waals surface area (Å²) in [6, 6.07) is 24.9. The first-order valence-electron chi connectivity index (χ1n) is 17.7. The Bertz CT molecular complexity index is 2080. The molecule has 1 amide bonds. The van der Waals surface area contributed by atoms with Gasteiger partial charge in [-0.25, -0.2) is 13.6 Å². The number of amides is 1. The van der Waals surface area contributed by atoms with Crippen molar-refractivity contribution in [3.63, 3.8) is 0 Å². The Morgan fingerprint density at radius 3 is 2.16 bits per heavy atom. The number of benzene rings is 4. The normalized spacial score (nSPS) is 14.5. The van der Waals surface area contributed by atoms with E-state index in [0.717, 1.165) is 59.8 Å².